The quantitative estimate of drug-likeness (QED) is 0.464. The van der Waals surface area contributed by atoms with Crippen molar-refractivity contribution in [2.24, 2.45) is 0 Å². The van der Waals surface area contributed by atoms with Crippen LogP contribution in [0.3, 0.4) is 0 Å². The third kappa shape index (κ3) is 3.51. The van der Waals surface area contributed by atoms with Crippen molar-refractivity contribution in [2.45, 2.75) is 18.2 Å². The number of hydrogen-bond donors (Lipinski definition) is 0. The lowest BCUT2D eigenvalue weighted by Gasteiger charge is -2.18. The van der Waals surface area contributed by atoms with E-state index in [9.17, 15) is 8.42 Å². The molecule has 1 aliphatic rings. The Morgan fingerprint density at radius 1 is 1.13 bits per heavy atom. The zero-order chi connectivity index (χ0) is 20.7. The third-order valence-electron chi connectivity index (χ3n) is 5.34. The largest absolute Gasteiger partial charge is 0.461 e. The minimum absolute atomic E-state index is 0.0507. The first kappa shape index (κ1) is 19.3. The highest BCUT2D eigenvalue weighted by atomic mass is 35.5. The molecule has 3 aromatic heterocycles. The van der Waals surface area contributed by atoms with Gasteiger partial charge in [-0.1, -0.05) is 23.7 Å². The monoisotopic (exact) mass is 442 g/mol. The number of nitrogens with zero attached hydrogens (tertiary/aromatic N) is 4. The number of halogens is 1. The van der Waals surface area contributed by atoms with Crippen molar-refractivity contribution in [3.63, 3.8) is 0 Å². The van der Waals surface area contributed by atoms with Crippen LogP contribution in [-0.4, -0.2) is 40.3 Å². The second kappa shape index (κ2) is 7.54. The molecule has 0 aliphatic carbocycles. The molecule has 0 amide bonds. The summed E-state index contributed by atoms with van der Waals surface area (Å²) in [7, 11) is -3.46. The van der Waals surface area contributed by atoms with Crippen LogP contribution in [-0.2, 0) is 15.8 Å². The molecular weight excluding hydrogens is 424 g/mol. The summed E-state index contributed by atoms with van der Waals surface area (Å²) in [6.45, 7) is 0.816. The van der Waals surface area contributed by atoms with Crippen molar-refractivity contribution in [2.75, 3.05) is 13.1 Å². The van der Waals surface area contributed by atoms with Gasteiger partial charge in [0.2, 0.25) is 10.0 Å². The number of pyridine rings is 1. The summed E-state index contributed by atoms with van der Waals surface area (Å²) < 4.78 is 35.2. The Hall–Kier alpha value is -2.68. The van der Waals surface area contributed by atoms with Gasteiger partial charge in [-0.3, -0.25) is 0 Å². The molecule has 1 aliphatic heterocycles. The van der Waals surface area contributed by atoms with E-state index in [0.29, 0.717) is 41.7 Å². The lowest BCUT2D eigenvalue weighted by atomic mass is 10.2. The molecule has 1 aromatic carbocycles. The highest BCUT2D eigenvalue weighted by molar-refractivity contribution is 7.88. The third-order valence-corrected chi connectivity index (χ3v) is 7.41. The summed E-state index contributed by atoms with van der Waals surface area (Å²) in [6.07, 6.45) is 4.00. The standard InChI is InChI=1S/C21H19ClN4O3S/c22-16-7-5-15(6-8-16)14-30(27,28)25-11-9-17(13-25)26-20-18(3-1-10-23-20)24-21(26)19-4-2-12-29-19/h1-8,10,12,17H,9,11,13-14H2/t17-/m1/s1. The average molecular weight is 443 g/mol. The van der Waals surface area contributed by atoms with E-state index < -0.39 is 10.0 Å². The van der Waals surface area contributed by atoms with Gasteiger partial charge in [-0.2, -0.15) is 4.31 Å². The maximum Gasteiger partial charge on any atom is 0.218 e. The summed E-state index contributed by atoms with van der Waals surface area (Å²) >= 11 is 5.91. The fraction of sp³-hybridized carbons (Fsp3) is 0.238. The van der Waals surface area contributed by atoms with Gasteiger partial charge in [0.05, 0.1) is 18.1 Å². The molecule has 0 unspecified atom stereocenters. The first-order chi connectivity index (χ1) is 14.5. The van der Waals surface area contributed by atoms with Crippen LogP contribution in [0.4, 0.5) is 0 Å². The SMILES string of the molecule is O=S(=O)(Cc1ccc(Cl)cc1)N1CC[C@@H](n2c(-c3ccco3)nc3cccnc32)C1. The lowest BCUT2D eigenvalue weighted by Crippen LogP contribution is -2.30. The van der Waals surface area contributed by atoms with Crippen molar-refractivity contribution >= 4 is 32.8 Å². The Morgan fingerprint density at radius 3 is 2.73 bits per heavy atom. The van der Waals surface area contributed by atoms with Gasteiger partial charge in [0.1, 0.15) is 5.52 Å². The molecule has 4 heterocycles. The fourth-order valence-electron chi connectivity index (χ4n) is 3.91. The highest BCUT2D eigenvalue weighted by Crippen LogP contribution is 2.33. The van der Waals surface area contributed by atoms with Gasteiger partial charge in [-0.15, -0.1) is 0 Å². The van der Waals surface area contributed by atoms with Crippen LogP contribution in [0.5, 0.6) is 0 Å². The number of hydrogen-bond acceptors (Lipinski definition) is 5. The number of furan rings is 1. The first-order valence-electron chi connectivity index (χ1n) is 9.60. The fourth-order valence-corrected chi connectivity index (χ4v) is 5.62. The van der Waals surface area contributed by atoms with Crippen molar-refractivity contribution in [3.8, 4) is 11.6 Å². The van der Waals surface area contributed by atoms with E-state index in [1.165, 1.54) is 0 Å². The van der Waals surface area contributed by atoms with Crippen LogP contribution >= 0.6 is 11.6 Å². The van der Waals surface area contributed by atoms with Gasteiger partial charge in [0.15, 0.2) is 17.2 Å². The summed E-state index contributed by atoms with van der Waals surface area (Å²) in [5.41, 5.74) is 2.20. The highest BCUT2D eigenvalue weighted by Gasteiger charge is 2.34. The number of fused-ring (bicyclic) bond motifs is 1. The molecule has 5 rings (SSSR count). The molecule has 0 spiro atoms. The van der Waals surface area contributed by atoms with Gasteiger partial charge in [0, 0.05) is 24.3 Å². The van der Waals surface area contributed by atoms with E-state index in [2.05, 4.69) is 9.97 Å². The Morgan fingerprint density at radius 2 is 1.97 bits per heavy atom. The number of aromatic nitrogens is 3. The van der Waals surface area contributed by atoms with E-state index in [1.54, 1.807) is 41.0 Å². The zero-order valence-corrected chi connectivity index (χ0v) is 17.6. The van der Waals surface area contributed by atoms with E-state index in [1.807, 2.05) is 28.8 Å². The molecule has 154 valence electrons. The van der Waals surface area contributed by atoms with Crippen LogP contribution in [0.25, 0.3) is 22.7 Å². The van der Waals surface area contributed by atoms with E-state index >= 15 is 0 Å². The summed E-state index contributed by atoms with van der Waals surface area (Å²) in [5.74, 6) is 1.25. The van der Waals surface area contributed by atoms with E-state index in [4.69, 9.17) is 16.0 Å². The molecule has 1 saturated heterocycles. The molecule has 0 N–H and O–H groups in total. The summed E-state index contributed by atoms with van der Waals surface area (Å²) in [6, 6.07) is 14.2. The van der Waals surface area contributed by atoms with Crippen molar-refractivity contribution < 1.29 is 12.8 Å². The number of sulfonamides is 1. The number of benzene rings is 1. The molecule has 0 bridgehead atoms. The van der Waals surface area contributed by atoms with Gasteiger partial charge in [0.25, 0.3) is 0 Å². The van der Waals surface area contributed by atoms with Crippen LogP contribution < -0.4 is 0 Å². The maximum atomic E-state index is 13.0. The van der Waals surface area contributed by atoms with Gasteiger partial charge in [-0.05, 0) is 48.4 Å². The van der Waals surface area contributed by atoms with E-state index in [-0.39, 0.29) is 11.8 Å². The predicted molar refractivity (Wildman–Crippen MR) is 115 cm³/mol. The van der Waals surface area contributed by atoms with Gasteiger partial charge < -0.3 is 8.98 Å². The molecule has 0 saturated carbocycles. The first-order valence-corrected chi connectivity index (χ1v) is 11.6. The predicted octanol–water partition coefficient (Wildman–Crippen LogP) is 4.12. The number of imidazole rings is 1. The summed E-state index contributed by atoms with van der Waals surface area (Å²) in [4.78, 5) is 9.19. The molecule has 0 radical (unpaired) electrons. The Kier molecular flexibility index (Phi) is 4.85. The van der Waals surface area contributed by atoms with Gasteiger partial charge >= 0.3 is 0 Å². The Bertz CT molecular complexity index is 1280. The molecular formula is C21H19ClN4O3S. The van der Waals surface area contributed by atoms with Crippen LogP contribution in [0, 0.1) is 0 Å². The molecule has 9 heteroatoms. The van der Waals surface area contributed by atoms with Crippen molar-refractivity contribution in [1.82, 2.24) is 18.8 Å². The summed E-state index contributed by atoms with van der Waals surface area (Å²) in [5, 5.41) is 0.585. The van der Waals surface area contributed by atoms with Gasteiger partial charge in [-0.25, -0.2) is 18.4 Å². The Balaban J connectivity index is 1.45. The van der Waals surface area contributed by atoms with E-state index in [0.717, 1.165) is 11.2 Å². The zero-order valence-electron chi connectivity index (χ0n) is 16.0. The molecule has 4 aromatic rings. The van der Waals surface area contributed by atoms with Crippen LogP contribution in [0.1, 0.15) is 18.0 Å². The lowest BCUT2D eigenvalue weighted by molar-refractivity contribution is 0.453. The second-order valence-corrected chi connectivity index (χ2v) is 9.72. The Labute approximate surface area is 179 Å². The average Bonchev–Trinajstić information content (AvgIpc) is 3.48. The number of rotatable bonds is 5. The molecule has 1 fully saturated rings. The van der Waals surface area contributed by atoms with Crippen molar-refractivity contribution in [1.29, 1.82) is 0 Å². The maximum absolute atomic E-state index is 13.0. The molecule has 7 nitrogen and oxygen atoms in total. The van der Waals surface area contributed by atoms with Crippen LogP contribution in [0.15, 0.2) is 65.4 Å². The van der Waals surface area contributed by atoms with Crippen LogP contribution in [0.2, 0.25) is 5.02 Å². The smallest absolute Gasteiger partial charge is 0.218 e. The molecule has 1 atom stereocenters. The second-order valence-electron chi connectivity index (χ2n) is 7.31. The molecule has 30 heavy (non-hydrogen) atoms. The topological polar surface area (TPSA) is 81.2 Å². The minimum atomic E-state index is -3.46. The normalized spacial score (nSPS) is 17.7. The minimum Gasteiger partial charge on any atom is -0.461 e. The van der Waals surface area contributed by atoms with Crippen molar-refractivity contribution in [3.05, 3.63) is 71.6 Å².